The number of carbonyl (C=O) groups is 2. The Bertz CT molecular complexity index is 633. The summed E-state index contributed by atoms with van der Waals surface area (Å²) in [6.07, 6.45) is 6.05. The van der Waals surface area contributed by atoms with Gasteiger partial charge in [-0.25, -0.2) is 0 Å². The predicted octanol–water partition coefficient (Wildman–Crippen LogP) is 1.90. The van der Waals surface area contributed by atoms with Crippen molar-refractivity contribution in [3.8, 4) is 11.5 Å². The Balaban J connectivity index is 0.00000364. The fourth-order valence-corrected chi connectivity index (χ4v) is 3.45. The van der Waals surface area contributed by atoms with Crippen LogP contribution in [0.4, 0.5) is 0 Å². The van der Waals surface area contributed by atoms with Gasteiger partial charge in [0, 0.05) is 13.0 Å². The highest BCUT2D eigenvalue weighted by molar-refractivity contribution is 5.85. The number of nitrogens with one attached hydrogen (secondary N) is 1. The first kappa shape index (κ1) is 23.0. The second-order valence-corrected chi connectivity index (χ2v) is 6.96. The molecule has 8 heteroatoms. The molecule has 1 aliphatic rings. The Labute approximate surface area is 166 Å². The summed E-state index contributed by atoms with van der Waals surface area (Å²) < 4.78 is 10.6. The van der Waals surface area contributed by atoms with Gasteiger partial charge in [-0.2, -0.15) is 0 Å². The van der Waals surface area contributed by atoms with Crippen molar-refractivity contribution in [1.29, 1.82) is 0 Å². The third-order valence-electron chi connectivity index (χ3n) is 4.97. The van der Waals surface area contributed by atoms with Gasteiger partial charge in [-0.3, -0.25) is 9.59 Å². The summed E-state index contributed by atoms with van der Waals surface area (Å²) >= 11 is 0. The number of carbonyl (C=O) groups excluding carboxylic acids is 2. The molecule has 152 valence electrons. The van der Waals surface area contributed by atoms with Gasteiger partial charge in [-0.05, 0) is 42.5 Å². The van der Waals surface area contributed by atoms with E-state index in [1.807, 2.05) is 6.07 Å². The molecule has 0 radical (unpaired) electrons. The van der Waals surface area contributed by atoms with E-state index < -0.39 is 5.91 Å². The minimum absolute atomic E-state index is 0. The lowest BCUT2D eigenvalue weighted by molar-refractivity contribution is -0.124. The molecule has 0 aromatic heterocycles. The van der Waals surface area contributed by atoms with Gasteiger partial charge < -0.3 is 26.3 Å². The van der Waals surface area contributed by atoms with Crippen LogP contribution in [0.1, 0.15) is 44.1 Å². The molecule has 1 aromatic carbocycles. The van der Waals surface area contributed by atoms with Crippen molar-refractivity contribution in [2.75, 3.05) is 20.3 Å². The first-order chi connectivity index (χ1) is 12.5. The number of amides is 2. The highest BCUT2D eigenvalue weighted by Crippen LogP contribution is 2.38. The minimum atomic E-state index is -0.556. The number of ether oxygens (including phenoxy) is 2. The smallest absolute Gasteiger partial charge is 0.255 e. The quantitative estimate of drug-likeness (QED) is 0.586. The first-order valence-corrected chi connectivity index (χ1v) is 9.03. The van der Waals surface area contributed by atoms with Gasteiger partial charge in [0.2, 0.25) is 5.91 Å². The average Bonchev–Trinajstić information content (AvgIpc) is 2.65. The van der Waals surface area contributed by atoms with Crippen LogP contribution >= 0.6 is 12.4 Å². The van der Waals surface area contributed by atoms with E-state index in [-0.39, 0.29) is 30.3 Å². The Hall–Kier alpha value is -1.99. The van der Waals surface area contributed by atoms with Gasteiger partial charge in [-0.1, -0.05) is 25.3 Å². The molecule has 0 bridgehead atoms. The van der Waals surface area contributed by atoms with E-state index in [4.69, 9.17) is 20.9 Å². The average molecular weight is 400 g/mol. The van der Waals surface area contributed by atoms with Crippen LogP contribution < -0.4 is 26.3 Å². The Morgan fingerprint density at radius 2 is 1.89 bits per heavy atom. The molecule has 2 amide bonds. The summed E-state index contributed by atoms with van der Waals surface area (Å²) in [7, 11) is 1.52. The van der Waals surface area contributed by atoms with Crippen LogP contribution in [0.3, 0.4) is 0 Å². The van der Waals surface area contributed by atoms with E-state index in [0.717, 1.165) is 31.2 Å². The lowest BCUT2D eigenvalue weighted by Gasteiger charge is -2.35. The van der Waals surface area contributed by atoms with Gasteiger partial charge in [0.15, 0.2) is 18.1 Å². The van der Waals surface area contributed by atoms with Crippen molar-refractivity contribution in [1.82, 2.24) is 5.32 Å². The number of halogens is 1. The van der Waals surface area contributed by atoms with Crippen LogP contribution in [0.15, 0.2) is 18.2 Å². The normalized spacial score (nSPS) is 15.3. The number of benzene rings is 1. The largest absolute Gasteiger partial charge is 0.493 e. The minimum Gasteiger partial charge on any atom is -0.493 e. The summed E-state index contributed by atoms with van der Waals surface area (Å²) in [6.45, 7) is 0.736. The lowest BCUT2D eigenvalue weighted by Crippen LogP contribution is -2.38. The molecule has 0 heterocycles. The van der Waals surface area contributed by atoms with Crippen molar-refractivity contribution in [2.45, 2.75) is 45.1 Å². The standard InChI is InChI=1S/C19H29N3O4.ClH/c1-25-16-9-14(5-6-15(16)26-12-17(21)23)11-22-18(24)10-19(13-20)7-3-2-4-8-19;/h5-6,9H,2-4,7-8,10-13,20H2,1H3,(H2,21,23)(H,22,24);1H. The van der Waals surface area contributed by atoms with E-state index in [9.17, 15) is 9.59 Å². The summed E-state index contributed by atoms with van der Waals surface area (Å²) in [4.78, 5) is 23.2. The van der Waals surface area contributed by atoms with Gasteiger partial charge >= 0.3 is 0 Å². The number of nitrogens with two attached hydrogens (primary N) is 2. The molecule has 0 spiro atoms. The highest BCUT2D eigenvalue weighted by Gasteiger charge is 2.32. The molecular formula is C19H30ClN3O4. The van der Waals surface area contributed by atoms with Crippen LogP contribution in [-0.4, -0.2) is 32.1 Å². The van der Waals surface area contributed by atoms with Gasteiger partial charge in [0.1, 0.15) is 0 Å². The number of hydrogen-bond acceptors (Lipinski definition) is 5. The van der Waals surface area contributed by atoms with Crippen molar-refractivity contribution in [3.05, 3.63) is 23.8 Å². The number of hydrogen-bond donors (Lipinski definition) is 3. The van der Waals surface area contributed by atoms with Crippen LogP contribution in [0.5, 0.6) is 11.5 Å². The van der Waals surface area contributed by atoms with Crippen LogP contribution in [0, 0.1) is 5.41 Å². The fraction of sp³-hybridized carbons (Fsp3) is 0.579. The van der Waals surface area contributed by atoms with Crippen LogP contribution in [-0.2, 0) is 16.1 Å². The van der Waals surface area contributed by atoms with Crippen molar-refractivity contribution >= 4 is 24.2 Å². The van der Waals surface area contributed by atoms with Crippen molar-refractivity contribution in [3.63, 3.8) is 0 Å². The van der Waals surface area contributed by atoms with Gasteiger partial charge in [0.25, 0.3) is 5.91 Å². The topological polar surface area (TPSA) is 117 Å². The zero-order chi connectivity index (χ0) is 19.0. The molecule has 1 fully saturated rings. The Morgan fingerprint density at radius 3 is 2.48 bits per heavy atom. The molecule has 2 rings (SSSR count). The van der Waals surface area contributed by atoms with E-state index in [1.54, 1.807) is 12.1 Å². The van der Waals surface area contributed by atoms with Crippen molar-refractivity contribution < 1.29 is 19.1 Å². The molecule has 5 N–H and O–H groups in total. The Kier molecular flexibility index (Phi) is 9.38. The van der Waals surface area contributed by atoms with E-state index >= 15 is 0 Å². The SMILES string of the molecule is COc1cc(CNC(=O)CC2(CN)CCCCC2)ccc1OCC(N)=O.Cl. The maximum Gasteiger partial charge on any atom is 0.255 e. The van der Waals surface area contributed by atoms with E-state index in [0.29, 0.717) is 31.0 Å². The monoisotopic (exact) mass is 399 g/mol. The zero-order valence-corrected chi connectivity index (χ0v) is 16.6. The molecule has 0 atom stereocenters. The first-order valence-electron chi connectivity index (χ1n) is 9.03. The molecule has 7 nitrogen and oxygen atoms in total. The Morgan fingerprint density at radius 1 is 1.19 bits per heavy atom. The van der Waals surface area contributed by atoms with E-state index in [2.05, 4.69) is 5.32 Å². The fourth-order valence-electron chi connectivity index (χ4n) is 3.45. The third-order valence-corrected chi connectivity index (χ3v) is 4.97. The van der Waals surface area contributed by atoms with Crippen LogP contribution in [0.25, 0.3) is 0 Å². The molecule has 1 aromatic rings. The number of primary amides is 1. The van der Waals surface area contributed by atoms with E-state index in [1.165, 1.54) is 13.5 Å². The maximum atomic E-state index is 12.4. The number of methoxy groups -OCH3 is 1. The summed E-state index contributed by atoms with van der Waals surface area (Å²) in [5.74, 6) is 0.389. The second kappa shape index (κ2) is 11.0. The van der Waals surface area contributed by atoms with Gasteiger partial charge in [-0.15, -0.1) is 12.4 Å². The molecule has 27 heavy (non-hydrogen) atoms. The van der Waals surface area contributed by atoms with Gasteiger partial charge in [0.05, 0.1) is 7.11 Å². The predicted molar refractivity (Wildman–Crippen MR) is 106 cm³/mol. The summed E-state index contributed by atoms with van der Waals surface area (Å²) in [5.41, 5.74) is 11.9. The van der Waals surface area contributed by atoms with Crippen molar-refractivity contribution in [2.24, 2.45) is 16.9 Å². The second-order valence-electron chi connectivity index (χ2n) is 6.96. The van der Waals surface area contributed by atoms with Crippen LogP contribution in [0.2, 0.25) is 0 Å². The number of rotatable bonds is 9. The lowest BCUT2D eigenvalue weighted by atomic mass is 9.71. The molecular weight excluding hydrogens is 370 g/mol. The molecule has 0 saturated heterocycles. The molecule has 1 saturated carbocycles. The maximum absolute atomic E-state index is 12.4. The summed E-state index contributed by atoms with van der Waals surface area (Å²) in [6, 6.07) is 5.29. The zero-order valence-electron chi connectivity index (χ0n) is 15.8. The summed E-state index contributed by atoms with van der Waals surface area (Å²) in [5, 5.41) is 2.96. The molecule has 0 unspecified atom stereocenters. The molecule has 0 aliphatic heterocycles. The molecule has 1 aliphatic carbocycles. The highest BCUT2D eigenvalue weighted by atomic mass is 35.5. The third kappa shape index (κ3) is 6.92.